The van der Waals surface area contributed by atoms with Gasteiger partial charge in [-0.15, -0.1) is 0 Å². The summed E-state index contributed by atoms with van der Waals surface area (Å²) < 4.78 is 17.4. The molecule has 0 unspecified atom stereocenters. The summed E-state index contributed by atoms with van der Waals surface area (Å²) in [4.78, 5) is 21.6. The number of nitrogens with one attached hydrogen (secondary N) is 1. The molecule has 1 saturated heterocycles. The first-order chi connectivity index (χ1) is 12.5. The van der Waals surface area contributed by atoms with E-state index in [1.807, 2.05) is 0 Å². The minimum absolute atomic E-state index is 0.480. The fraction of sp³-hybridized carbons (Fsp3) is 0.667. The van der Waals surface area contributed by atoms with Gasteiger partial charge in [0.2, 0.25) is 0 Å². The molecule has 1 fully saturated rings. The van der Waals surface area contributed by atoms with Gasteiger partial charge in [0, 0.05) is 18.7 Å². The predicted molar refractivity (Wildman–Crippen MR) is 92.6 cm³/mol. The van der Waals surface area contributed by atoms with Crippen molar-refractivity contribution in [3.8, 4) is 0 Å². The van der Waals surface area contributed by atoms with Crippen LogP contribution in [0, 0.1) is 0 Å². The molecular weight excluding hydrogens is 359 g/mol. The van der Waals surface area contributed by atoms with Gasteiger partial charge in [0.1, 0.15) is 0 Å². The van der Waals surface area contributed by atoms with Gasteiger partial charge in [-0.25, -0.2) is 9.19 Å². The highest BCUT2D eigenvalue weighted by molar-refractivity contribution is 7.46. The van der Waals surface area contributed by atoms with Crippen molar-refractivity contribution in [2.45, 2.75) is 38.5 Å². The molecule has 0 atom stereocenters. The van der Waals surface area contributed by atoms with Crippen LogP contribution in [0.5, 0.6) is 0 Å². The predicted octanol–water partition coefficient (Wildman–Crippen LogP) is -0.0754. The molecular formula is C15H24N6O4P+. The van der Waals surface area contributed by atoms with Crippen LogP contribution in [0.4, 0.5) is 5.82 Å². The molecule has 11 heteroatoms. The third-order valence-electron chi connectivity index (χ3n) is 5.00. The molecule has 26 heavy (non-hydrogen) atoms. The lowest BCUT2D eigenvalue weighted by Gasteiger charge is -2.19. The summed E-state index contributed by atoms with van der Waals surface area (Å²) in [6, 6.07) is 0. The number of aryl methyl sites for hydroxylation is 1. The van der Waals surface area contributed by atoms with Crippen molar-refractivity contribution < 1.29 is 23.8 Å². The highest BCUT2D eigenvalue weighted by atomic mass is 31.2. The molecule has 2 aliphatic rings. The van der Waals surface area contributed by atoms with E-state index in [-0.39, 0.29) is 0 Å². The molecule has 0 radical (unpaired) electrons. The van der Waals surface area contributed by atoms with Crippen molar-refractivity contribution >= 4 is 19.3 Å². The number of likely N-dealkylation sites (tertiary alicyclic amines) is 1. The van der Waals surface area contributed by atoms with E-state index in [0.29, 0.717) is 5.65 Å². The first-order valence-corrected chi connectivity index (χ1v) is 10.6. The number of anilines is 1. The SMILES string of the molecule is O=P(O)(O)O[n+]1ncn2nc(NCCN3CCCC3)c3c(c21)CCCC3. The molecule has 2 aromatic heterocycles. The zero-order valence-electron chi connectivity index (χ0n) is 14.5. The number of nitrogens with zero attached hydrogens (tertiary/aromatic N) is 5. The molecule has 0 spiro atoms. The van der Waals surface area contributed by atoms with E-state index in [9.17, 15) is 4.57 Å². The quantitative estimate of drug-likeness (QED) is 0.469. The second-order valence-corrected chi connectivity index (χ2v) is 7.98. The molecule has 1 aliphatic carbocycles. The Morgan fingerprint density at radius 1 is 1.19 bits per heavy atom. The van der Waals surface area contributed by atoms with Gasteiger partial charge in [0.15, 0.2) is 5.82 Å². The van der Waals surface area contributed by atoms with Crippen molar-refractivity contribution in [2.24, 2.45) is 0 Å². The fourth-order valence-corrected chi connectivity index (χ4v) is 4.16. The lowest BCUT2D eigenvalue weighted by atomic mass is 9.93. The second-order valence-electron chi connectivity index (χ2n) is 6.83. The average molecular weight is 383 g/mol. The largest absolute Gasteiger partial charge is 0.563 e. The van der Waals surface area contributed by atoms with Crippen LogP contribution in [0.15, 0.2) is 6.33 Å². The van der Waals surface area contributed by atoms with Crippen LogP contribution in [0.25, 0.3) is 5.65 Å². The van der Waals surface area contributed by atoms with Crippen LogP contribution in [-0.2, 0) is 17.4 Å². The van der Waals surface area contributed by atoms with Crippen LogP contribution in [-0.4, -0.2) is 55.6 Å². The molecule has 0 bridgehead atoms. The molecule has 142 valence electrons. The lowest BCUT2D eigenvalue weighted by Crippen LogP contribution is -2.44. The maximum atomic E-state index is 11.2. The van der Waals surface area contributed by atoms with Gasteiger partial charge in [-0.1, -0.05) is 9.61 Å². The molecule has 4 rings (SSSR count). The maximum Gasteiger partial charge on any atom is 0.563 e. The van der Waals surface area contributed by atoms with Crippen LogP contribution in [0.1, 0.15) is 36.8 Å². The topological polar surface area (TPSA) is 116 Å². The summed E-state index contributed by atoms with van der Waals surface area (Å²) in [7, 11) is -4.70. The average Bonchev–Trinajstić information content (AvgIpc) is 3.24. The summed E-state index contributed by atoms with van der Waals surface area (Å²) in [5.74, 6) is 0.826. The standard InChI is InChI=1S/C15H23N6O4P/c22-26(23,24)25-21-15-13-6-2-1-5-12(13)14(18-20(15)11-17-21)16-7-10-19-8-3-4-9-19/h11H,1-10H2,(H2-,16,18,22,23,24)/p+1. The van der Waals surface area contributed by atoms with Crippen molar-refractivity contribution in [2.75, 3.05) is 31.5 Å². The monoisotopic (exact) mass is 383 g/mol. The third kappa shape index (κ3) is 3.68. The van der Waals surface area contributed by atoms with Crippen molar-refractivity contribution in [1.82, 2.24) is 19.6 Å². The van der Waals surface area contributed by atoms with Gasteiger partial charge in [-0.2, -0.15) is 0 Å². The van der Waals surface area contributed by atoms with Crippen LogP contribution >= 0.6 is 7.82 Å². The third-order valence-corrected chi connectivity index (χ3v) is 5.37. The Kier molecular flexibility index (Phi) is 4.83. The summed E-state index contributed by atoms with van der Waals surface area (Å²) in [5.41, 5.74) is 2.56. The van der Waals surface area contributed by atoms with Gasteiger partial charge in [-0.3, -0.25) is 9.79 Å². The van der Waals surface area contributed by atoms with E-state index in [2.05, 4.69) is 20.4 Å². The normalized spacial score (nSPS) is 18.2. The molecule has 0 saturated carbocycles. The molecule has 3 N–H and O–H groups in total. The minimum Gasteiger partial charge on any atom is -0.365 e. The summed E-state index contributed by atoms with van der Waals surface area (Å²) >= 11 is 0. The minimum atomic E-state index is -4.70. The number of hydrogen-bond acceptors (Lipinski definition) is 6. The van der Waals surface area contributed by atoms with Crippen LogP contribution < -0.4 is 14.8 Å². The van der Waals surface area contributed by atoms with Crippen molar-refractivity contribution in [3.63, 3.8) is 0 Å². The van der Waals surface area contributed by atoms with E-state index in [4.69, 9.17) is 14.4 Å². The molecule has 0 amide bonds. The number of aromatic nitrogens is 4. The Labute approximate surface area is 151 Å². The van der Waals surface area contributed by atoms with Gasteiger partial charge in [0.05, 0.1) is 10.4 Å². The molecule has 1 aliphatic heterocycles. The van der Waals surface area contributed by atoms with E-state index >= 15 is 0 Å². The zero-order chi connectivity index (χ0) is 18.1. The van der Waals surface area contributed by atoms with Crippen LogP contribution in [0.3, 0.4) is 0 Å². The smallest absolute Gasteiger partial charge is 0.365 e. The molecule has 0 aromatic carbocycles. The lowest BCUT2D eigenvalue weighted by molar-refractivity contribution is -0.885. The van der Waals surface area contributed by atoms with Crippen LogP contribution in [0.2, 0.25) is 0 Å². The van der Waals surface area contributed by atoms with E-state index in [1.54, 1.807) is 0 Å². The van der Waals surface area contributed by atoms with E-state index < -0.39 is 7.82 Å². The molecule has 3 heterocycles. The first kappa shape index (κ1) is 17.7. The number of rotatable bonds is 6. The van der Waals surface area contributed by atoms with Gasteiger partial charge in [-0.05, 0) is 56.7 Å². The van der Waals surface area contributed by atoms with Gasteiger partial charge < -0.3 is 10.2 Å². The summed E-state index contributed by atoms with van der Waals surface area (Å²) in [6.45, 7) is 4.12. The number of hydrogen-bond donors (Lipinski definition) is 3. The Bertz CT molecular complexity index is 844. The zero-order valence-corrected chi connectivity index (χ0v) is 15.4. The van der Waals surface area contributed by atoms with E-state index in [0.717, 1.165) is 73.7 Å². The Morgan fingerprint density at radius 3 is 2.65 bits per heavy atom. The number of fused-ring (bicyclic) bond motifs is 3. The van der Waals surface area contributed by atoms with Gasteiger partial charge >= 0.3 is 13.5 Å². The summed E-state index contributed by atoms with van der Waals surface area (Å²) in [6.07, 6.45) is 7.72. The van der Waals surface area contributed by atoms with Gasteiger partial charge in [0.25, 0.3) is 6.33 Å². The second kappa shape index (κ2) is 7.11. The Hall–Kier alpha value is -1.74. The molecule has 10 nitrogen and oxygen atoms in total. The molecule has 2 aromatic rings. The number of phosphoric acid groups is 1. The maximum absolute atomic E-state index is 11.2. The Balaban J connectivity index is 1.63. The van der Waals surface area contributed by atoms with Crippen molar-refractivity contribution in [1.29, 1.82) is 0 Å². The summed E-state index contributed by atoms with van der Waals surface area (Å²) in [5, 5.41) is 12.0. The van der Waals surface area contributed by atoms with E-state index in [1.165, 1.54) is 23.7 Å². The fourth-order valence-electron chi connectivity index (χ4n) is 3.84. The Morgan fingerprint density at radius 2 is 1.92 bits per heavy atom. The highest BCUT2D eigenvalue weighted by Crippen LogP contribution is 2.31. The van der Waals surface area contributed by atoms with Crippen molar-refractivity contribution in [3.05, 3.63) is 17.5 Å². The first-order valence-electron chi connectivity index (χ1n) is 9.04. The highest BCUT2D eigenvalue weighted by Gasteiger charge is 2.31.